The summed E-state index contributed by atoms with van der Waals surface area (Å²) in [6.07, 6.45) is 2.65. The number of allylic oxidation sites excluding steroid dienone is 1. The van der Waals surface area contributed by atoms with Gasteiger partial charge in [-0.2, -0.15) is 0 Å². The molecule has 0 aliphatic rings. The molecule has 0 spiro atoms. The Morgan fingerprint density at radius 1 is 1.11 bits per heavy atom. The smallest absolute Gasteiger partial charge is 0.412 e. The van der Waals surface area contributed by atoms with E-state index >= 15 is 0 Å². The third-order valence-electron chi connectivity index (χ3n) is 3.97. The van der Waals surface area contributed by atoms with Crippen LogP contribution in [0.3, 0.4) is 0 Å². The van der Waals surface area contributed by atoms with Gasteiger partial charge < -0.3 is 9.30 Å². The monoisotopic (exact) mass is 377 g/mol. The number of ether oxygens (including phenoxy) is 1. The number of rotatable bonds is 4. The van der Waals surface area contributed by atoms with Crippen LogP contribution in [0.2, 0.25) is 0 Å². The van der Waals surface area contributed by atoms with Gasteiger partial charge in [-0.25, -0.2) is 9.78 Å². The average molecular weight is 377 g/mol. The molecule has 3 aromatic rings. The highest BCUT2D eigenvalue weighted by Crippen LogP contribution is 2.17. The molecule has 0 aliphatic carbocycles. The van der Waals surface area contributed by atoms with E-state index < -0.39 is 11.7 Å². The molecule has 6 heteroatoms. The molecule has 1 heterocycles. The third kappa shape index (κ3) is 4.65. The quantitative estimate of drug-likeness (QED) is 0.523. The van der Waals surface area contributed by atoms with Crippen LogP contribution in [0.1, 0.15) is 37.0 Å². The number of anilines is 1. The van der Waals surface area contributed by atoms with E-state index in [1.54, 1.807) is 49.6 Å². The van der Waals surface area contributed by atoms with Crippen LogP contribution in [0.5, 0.6) is 0 Å². The lowest BCUT2D eigenvalue weighted by Crippen LogP contribution is -2.27. The van der Waals surface area contributed by atoms with Crippen molar-refractivity contribution < 1.29 is 14.3 Å². The summed E-state index contributed by atoms with van der Waals surface area (Å²) in [7, 11) is 1.82. The fourth-order valence-corrected chi connectivity index (χ4v) is 2.75. The molecule has 0 aliphatic heterocycles. The van der Waals surface area contributed by atoms with Crippen molar-refractivity contribution in [3.8, 4) is 0 Å². The number of nitrogens with zero attached hydrogens (tertiary/aromatic N) is 2. The van der Waals surface area contributed by atoms with Gasteiger partial charge in [-0.1, -0.05) is 30.3 Å². The van der Waals surface area contributed by atoms with Gasteiger partial charge >= 0.3 is 6.09 Å². The Morgan fingerprint density at radius 3 is 2.57 bits per heavy atom. The van der Waals surface area contributed by atoms with Gasteiger partial charge in [0.15, 0.2) is 5.82 Å². The largest absolute Gasteiger partial charge is 0.444 e. The number of hydrogen-bond donors (Lipinski definition) is 1. The van der Waals surface area contributed by atoms with Crippen LogP contribution in [0, 0.1) is 0 Å². The highest BCUT2D eigenvalue weighted by atomic mass is 16.6. The number of fused-ring (bicyclic) bond motifs is 1. The molecule has 1 N–H and O–H groups in total. The maximum atomic E-state index is 12.6. The number of ketones is 1. The van der Waals surface area contributed by atoms with Crippen molar-refractivity contribution in [3.63, 3.8) is 0 Å². The zero-order valence-corrected chi connectivity index (χ0v) is 16.4. The fourth-order valence-electron chi connectivity index (χ4n) is 2.75. The predicted molar refractivity (Wildman–Crippen MR) is 110 cm³/mol. The van der Waals surface area contributed by atoms with Crippen molar-refractivity contribution >= 4 is 34.7 Å². The first kappa shape index (κ1) is 19.4. The zero-order valence-electron chi connectivity index (χ0n) is 16.4. The van der Waals surface area contributed by atoms with Gasteiger partial charge in [0.1, 0.15) is 5.60 Å². The first-order valence-corrected chi connectivity index (χ1v) is 8.97. The van der Waals surface area contributed by atoms with Crippen LogP contribution < -0.4 is 5.32 Å². The third-order valence-corrected chi connectivity index (χ3v) is 3.97. The van der Waals surface area contributed by atoms with Crippen molar-refractivity contribution in [2.75, 3.05) is 5.32 Å². The second kappa shape index (κ2) is 7.68. The molecule has 3 rings (SSSR count). The predicted octanol–water partition coefficient (Wildman–Crippen LogP) is 4.82. The van der Waals surface area contributed by atoms with E-state index in [1.807, 2.05) is 37.4 Å². The van der Waals surface area contributed by atoms with Crippen molar-refractivity contribution in [1.29, 1.82) is 0 Å². The molecule has 0 bridgehead atoms. The number of aryl methyl sites for hydroxylation is 1. The minimum absolute atomic E-state index is 0.191. The maximum Gasteiger partial charge on any atom is 0.412 e. The van der Waals surface area contributed by atoms with Crippen LogP contribution in [-0.2, 0) is 11.8 Å². The number of amides is 1. The molecule has 0 atom stereocenters. The lowest BCUT2D eigenvalue weighted by Gasteiger charge is -2.19. The van der Waals surface area contributed by atoms with E-state index in [9.17, 15) is 9.59 Å². The highest BCUT2D eigenvalue weighted by molar-refractivity contribution is 6.06. The molecule has 0 saturated carbocycles. The van der Waals surface area contributed by atoms with E-state index in [2.05, 4.69) is 10.3 Å². The van der Waals surface area contributed by atoms with Gasteiger partial charge in [-0.3, -0.25) is 10.1 Å². The molecule has 0 unspecified atom stereocenters. The summed E-state index contributed by atoms with van der Waals surface area (Å²) >= 11 is 0. The molecule has 6 nitrogen and oxygen atoms in total. The molecule has 0 radical (unpaired) electrons. The van der Waals surface area contributed by atoms with Gasteiger partial charge in [-0.05, 0) is 56.7 Å². The van der Waals surface area contributed by atoms with Crippen LogP contribution in [0.15, 0.2) is 54.6 Å². The van der Waals surface area contributed by atoms with Gasteiger partial charge in [0, 0.05) is 12.7 Å². The molecule has 0 fully saturated rings. The lowest BCUT2D eigenvalue weighted by atomic mass is 10.1. The summed E-state index contributed by atoms with van der Waals surface area (Å²) in [6.45, 7) is 5.41. The minimum atomic E-state index is -0.570. The molecule has 1 amide bonds. The number of carbonyl (C=O) groups excluding carboxylic acids is 2. The Morgan fingerprint density at radius 2 is 1.86 bits per heavy atom. The minimum Gasteiger partial charge on any atom is -0.444 e. The van der Waals surface area contributed by atoms with Crippen molar-refractivity contribution in [3.05, 3.63) is 66.0 Å². The zero-order chi connectivity index (χ0) is 20.3. The molecular formula is C22H23N3O3. The molecular weight excluding hydrogens is 354 g/mol. The topological polar surface area (TPSA) is 73.2 Å². The highest BCUT2D eigenvalue weighted by Gasteiger charge is 2.16. The van der Waals surface area contributed by atoms with Gasteiger partial charge in [0.05, 0.1) is 11.0 Å². The number of carbonyl (C=O) groups is 2. The van der Waals surface area contributed by atoms with E-state index in [-0.39, 0.29) is 5.78 Å². The Labute approximate surface area is 163 Å². The van der Waals surface area contributed by atoms with Crippen LogP contribution in [0.25, 0.3) is 17.1 Å². The average Bonchev–Trinajstić information content (AvgIpc) is 2.95. The van der Waals surface area contributed by atoms with Gasteiger partial charge in [-0.15, -0.1) is 0 Å². The van der Waals surface area contributed by atoms with Crippen molar-refractivity contribution in [2.45, 2.75) is 26.4 Å². The number of aromatic nitrogens is 2. The standard InChI is InChI=1S/C22H23N3O3/c1-22(2,3)28-21(27)23-16-9-7-8-15(14-16)12-13-19(26)20-24-17-10-5-6-11-18(17)25(20)4/h5-14H,1-4H3,(H,23,27)/b13-12+. The summed E-state index contributed by atoms with van der Waals surface area (Å²) in [6, 6.07) is 14.8. The molecule has 2 aromatic carbocycles. The molecule has 144 valence electrons. The summed E-state index contributed by atoms with van der Waals surface area (Å²) < 4.78 is 7.03. The summed E-state index contributed by atoms with van der Waals surface area (Å²) in [5.74, 6) is 0.185. The second-order valence-corrected chi connectivity index (χ2v) is 7.43. The maximum absolute atomic E-state index is 12.6. The summed E-state index contributed by atoms with van der Waals surface area (Å²) in [5, 5.41) is 2.69. The number of nitrogens with one attached hydrogen (secondary N) is 1. The molecule has 28 heavy (non-hydrogen) atoms. The van der Waals surface area contributed by atoms with Crippen LogP contribution in [0.4, 0.5) is 10.5 Å². The Balaban J connectivity index is 1.74. The SMILES string of the molecule is Cn1c(C(=O)/C=C/c2cccc(NC(=O)OC(C)(C)C)c2)nc2ccccc21. The number of benzene rings is 2. The summed E-state index contributed by atoms with van der Waals surface area (Å²) in [4.78, 5) is 28.9. The van der Waals surface area contributed by atoms with E-state index in [4.69, 9.17) is 4.74 Å². The lowest BCUT2D eigenvalue weighted by molar-refractivity contribution is 0.0635. The Kier molecular flexibility index (Phi) is 5.31. The van der Waals surface area contributed by atoms with E-state index in [0.29, 0.717) is 11.5 Å². The number of para-hydroxylation sites is 2. The molecule has 1 aromatic heterocycles. The normalized spacial score (nSPS) is 11.7. The first-order valence-electron chi connectivity index (χ1n) is 8.97. The van der Waals surface area contributed by atoms with E-state index in [0.717, 1.165) is 16.6 Å². The van der Waals surface area contributed by atoms with Gasteiger partial charge in [0.25, 0.3) is 0 Å². The van der Waals surface area contributed by atoms with Gasteiger partial charge in [0.2, 0.25) is 5.78 Å². The number of hydrogen-bond acceptors (Lipinski definition) is 4. The van der Waals surface area contributed by atoms with E-state index in [1.165, 1.54) is 6.08 Å². The van der Waals surface area contributed by atoms with Crippen molar-refractivity contribution in [2.24, 2.45) is 7.05 Å². The second-order valence-electron chi connectivity index (χ2n) is 7.43. The van der Waals surface area contributed by atoms with Crippen molar-refractivity contribution in [1.82, 2.24) is 9.55 Å². The Hall–Kier alpha value is -3.41. The Bertz CT molecular complexity index is 1060. The number of imidazole rings is 1. The summed E-state index contributed by atoms with van der Waals surface area (Å²) in [5.41, 5.74) is 2.49. The molecule has 0 saturated heterocycles. The first-order chi connectivity index (χ1) is 13.2. The van der Waals surface area contributed by atoms with Crippen LogP contribution in [-0.4, -0.2) is 27.0 Å². The van der Waals surface area contributed by atoms with Crippen LogP contribution >= 0.6 is 0 Å². The fraction of sp³-hybridized carbons (Fsp3) is 0.227.